The minimum Gasteiger partial charge on any atom is -0.507 e. The molecule has 3 nitrogen and oxygen atoms in total. The Kier molecular flexibility index (Phi) is 3.10. The maximum atomic E-state index is 11.3. The molecule has 2 aromatic rings. The van der Waals surface area contributed by atoms with E-state index in [0.29, 0.717) is 0 Å². The standard InChI is InChI=1S/C14H12O3/c1-17-14(16)12-8-7-11(9-13(12)15)10-5-3-2-4-6-10/h2-9,15H,1H3. The topological polar surface area (TPSA) is 46.5 Å². The first-order valence-corrected chi connectivity index (χ1v) is 5.19. The fourth-order valence-electron chi connectivity index (χ4n) is 1.62. The molecule has 0 atom stereocenters. The molecule has 0 amide bonds. The number of phenolic OH excluding ortho intramolecular Hbond substituents is 1. The van der Waals surface area contributed by atoms with Gasteiger partial charge in [0.05, 0.1) is 7.11 Å². The van der Waals surface area contributed by atoms with Crippen LogP contribution in [0.3, 0.4) is 0 Å². The molecule has 0 saturated heterocycles. The molecule has 0 fully saturated rings. The van der Waals surface area contributed by atoms with E-state index in [2.05, 4.69) is 4.74 Å². The molecule has 86 valence electrons. The van der Waals surface area contributed by atoms with Crippen molar-refractivity contribution in [2.45, 2.75) is 0 Å². The molecule has 0 aliphatic rings. The number of aromatic hydroxyl groups is 1. The van der Waals surface area contributed by atoms with Crippen LogP contribution in [0.25, 0.3) is 11.1 Å². The van der Waals surface area contributed by atoms with Crippen LogP contribution in [0.2, 0.25) is 0 Å². The first-order chi connectivity index (χ1) is 8.22. The number of carbonyl (C=O) groups is 1. The van der Waals surface area contributed by atoms with Gasteiger partial charge >= 0.3 is 5.97 Å². The second-order valence-electron chi connectivity index (χ2n) is 3.59. The normalized spacial score (nSPS) is 9.94. The summed E-state index contributed by atoms with van der Waals surface area (Å²) in [5.41, 5.74) is 2.02. The van der Waals surface area contributed by atoms with Crippen molar-refractivity contribution in [2.75, 3.05) is 7.11 Å². The van der Waals surface area contributed by atoms with Crippen LogP contribution in [0, 0.1) is 0 Å². The van der Waals surface area contributed by atoms with E-state index in [9.17, 15) is 9.90 Å². The first kappa shape index (κ1) is 11.2. The third kappa shape index (κ3) is 2.28. The van der Waals surface area contributed by atoms with Gasteiger partial charge in [0, 0.05) is 0 Å². The largest absolute Gasteiger partial charge is 0.507 e. The van der Waals surface area contributed by atoms with Crippen molar-refractivity contribution in [1.29, 1.82) is 0 Å². The summed E-state index contributed by atoms with van der Waals surface area (Å²) in [6, 6.07) is 14.5. The van der Waals surface area contributed by atoms with Crippen LogP contribution in [-0.2, 0) is 4.74 Å². The van der Waals surface area contributed by atoms with Gasteiger partial charge in [0.25, 0.3) is 0 Å². The van der Waals surface area contributed by atoms with Crippen molar-refractivity contribution in [3.05, 3.63) is 54.1 Å². The molecule has 0 saturated carbocycles. The molecule has 17 heavy (non-hydrogen) atoms. The molecule has 0 aliphatic heterocycles. The zero-order valence-corrected chi connectivity index (χ0v) is 9.38. The van der Waals surface area contributed by atoms with Crippen molar-refractivity contribution >= 4 is 5.97 Å². The molecule has 1 N–H and O–H groups in total. The Labute approximate surface area is 99.3 Å². The predicted octanol–water partition coefficient (Wildman–Crippen LogP) is 2.85. The lowest BCUT2D eigenvalue weighted by Crippen LogP contribution is -2.01. The third-order valence-electron chi connectivity index (χ3n) is 2.51. The number of methoxy groups -OCH3 is 1. The highest BCUT2D eigenvalue weighted by Gasteiger charge is 2.11. The summed E-state index contributed by atoms with van der Waals surface area (Å²) < 4.78 is 4.56. The second-order valence-corrected chi connectivity index (χ2v) is 3.59. The Balaban J connectivity index is 2.41. The Bertz CT molecular complexity index is 532. The average molecular weight is 228 g/mol. The lowest BCUT2D eigenvalue weighted by molar-refractivity contribution is 0.0597. The van der Waals surface area contributed by atoms with Gasteiger partial charge in [-0.1, -0.05) is 36.4 Å². The van der Waals surface area contributed by atoms with E-state index in [0.717, 1.165) is 11.1 Å². The molecule has 0 bridgehead atoms. The quantitative estimate of drug-likeness (QED) is 0.804. The van der Waals surface area contributed by atoms with Gasteiger partial charge in [0.1, 0.15) is 11.3 Å². The lowest BCUT2D eigenvalue weighted by atomic mass is 10.0. The summed E-state index contributed by atoms with van der Waals surface area (Å²) in [5, 5.41) is 9.75. The van der Waals surface area contributed by atoms with Gasteiger partial charge in [-0.25, -0.2) is 4.79 Å². The first-order valence-electron chi connectivity index (χ1n) is 5.19. The zero-order valence-electron chi connectivity index (χ0n) is 9.38. The molecular formula is C14H12O3. The maximum Gasteiger partial charge on any atom is 0.341 e. The van der Waals surface area contributed by atoms with Gasteiger partial charge in [-0.2, -0.15) is 0 Å². The molecule has 0 spiro atoms. The third-order valence-corrected chi connectivity index (χ3v) is 2.51. The molecule has 0 aromatic heterocycles. The highest BCUT2D eigenvalue weighted by atomic mass is 16.5. The number of esters is 1. The number of hydrogen-bond acceptors (Lipinski definition) is 3. The molecule has 3 heteroatoms. The van der Waals surface area contributed by atoms with Gasteiger partial charge in [-0.15, -0.1) is 0 Å². The van der Waals surface area contributed by atoms with Crippen LogP contribution in [0.1, 0.15) is 10.4 Å². The van der Waals surface area contributed by atoms with Crippen LogP contribution < -0.4 is 0 Å². The van der Waals surface area contributed by atoms with Crippen LogP contribution in [0.15, 0.2) is 48.5 Å². The van der Waals surface area contributed by atoms with Crippen LogP contribution in [-0.4, -0.2) is 18.2 Å². The molecule has 0 radical (unpaired) electrons. The summed E-state index contributed by atoms with van der Waals surface area (Å²) in [6.45, 7) is 0. The number of rotatable bonds is 2. The van der Waals surface area contributed by atoms with E-state index < -0.39 is 5.97 Å². The Hall–Kier alpha value is -2.29. The van der Waals surface area contributed by atoms with E-state index >= 15 is 0 Å². The Morgan fingerprint density at radius 2 is 1.76 bits per heavy atom. The number of hydrogen-bond donors (Lipinski definition) is 1. The van der Waals surface area contributed by atoms with Crippen molar-refractivity contribution < 1.29 is 14.6 Å². The zero-order chi connectivity index (χ0) is 12.3. The van der Waals surface area contributed by atoms with Gasteiger partial charge in [0.2, 0.25) is 0 Å². The highest BCUT2D eigenvalue weighted by Crippen LogP contribution is 2.26. The van der Waals surface area contributed by atoms with E-state index in [1.807, 2.05) is 30.3 Å². The minimum absolute atomic E-state index is 0.0711. The van der Waals surface area contributed by atoms with Gasteiger partial charge in [0.15, 0.2) is 0 Å². The van der Waals surface area contributed by atoms with Crippen molar-refractivity contribution in [3.63, 3.8) is 0 Å². The predicted molar refractivity (Wildman–Crippen MR) is 64.9 cm³/mol. The minimum atomic E-state index is -0.540. The summed E-state index contributed by atoms with van der Waals surface area (Å²) in [6.07, 6.45) is 0. The van der Waals surface area contributed by atoms with E-state index in [1.165, 1.54) is 7.11 Å². The van der Waals surface area contributed by atoms with Crippen LogP contribution in [0.4, 0.5) is 0 Å². The van der Waals surface area contributed by atoms with Gasteiger partial charge in [-0.05, 0) is 23.3 Å². The monoisotopic (exact) mass is 228 g/mol. The van der Waals surface area contributed by atoms with E-state index in [1.54, 1.807) is 18.2 Å². The smallest absolute Gasteiger partial charge is 0.341 e. The van der Waals surface area contributed by atoms with Crippen molar-refractivity contribution in [1.82, 2.24) is 0 Å². The molecule has 0 unspecified atom stereocenters. The summed E-state index contributed by atoms with van der Waals surface area (Å²) in [7, 11) is 1.28. The molecule has 2 aromatic carbocycles. The van der Waals surface area contributed by atoms with E-state index in [-0.39, 0.29) is 11.3 Å². The Morgan fingerprint density at radius 3 is 2.35 bits per heavy atom. The molecular weight excluding hydrogens is 216 g/mol. The van der Waals surface area contributed by atoms with Crippen molar-refractivity contribution in [3.8, 4) is 16.9 Å². The number of phenols is 1. The SMILES string of the molecule is COC(=O)c1ccc(-c2ccccc2)cc1O. The fourth-order valence-corrected chi connectivity index (χ4v) is 1.62. The highest BCUT2D eigenvalue weighted by molar-refractivity contribution is 5.93. The number of carbonyl (C=O) groups excluding carboxylic acids is 1. The fraction of sp³-hybridized carbons (Fsp3) is 0.0714. The summed E-state index contributed by atoms with van der Waals surface area (Å²) >= 11 is 0. The van der Waals surface area contributed by atoms with Gasteiger partial charge in [-0.3, -0.25) is 0 Å². The van der Waals surface area contributed by atoms with E-state index in [4.69, 9.17) is 0 Å². The van der Waals surface area contributed by atoms with Crippen LogP contribution >= 0.6 is 0 Å². The Morgan fingerprint density at radius 1 is 1.06 bits per heavy atom. The van der Waals surface area contributed by atoms with Crippen molar-refractivity contribution in [2.24, 2.45) is 0 Å². The second kappa shape index (κ2) is 4.70. The average Bonchev–Trinajstić information content (AvgIpc) is 2.39. The number of ether oxygens (including phenoxy) is 1. The molecule has 0 heterocycles. The lowest BCUT2D eigenvalue weighted by Gasteiger charge is -2.06. The summed E-state index contributed by atoms with van der Waals surface area (Å²) in [4.78, 5) is 11.3. The maximum absolute atomic E-state index is 11.3. The van der Waals surface area contributed by atoms with Crippen LogP contribution in [0.5, 0.6) is 5.75 Å². The summed E-state index contributed by atoms with van der Waals surface area (Å²) in [5.74, 6) is -0.611. The molecule has 2 rings (SSSR count). The number of benzene rings is 2. The van der Waals surface area contributed by atoms with Gasteiger partial charge < -0.3 is 9.84 Å². The molecule has 0 aliphatic carbocycles.